The van der Waals surface area contributed by atoms with E-state index >= 15 is 0 Å². The number of hydrogen-bond acceptors (Lipinski definition) is 3. The summed E-state index contributed by atoms with van der Waals surface area (Å²) in [4.78, 5) is 18.3. The van der Waals surface area contributed by atoms with Crippen LogP contribution < -0.4 is 0 Å². The zero-order valence-corrected chi connectivity index (χ0v) is 16.0. The van der Waals surface area contributed by atoms with E-state index in [0.717, 1.165) is 38.2 Å². The van der Waals surface area contributed by atoms with Gasteiger partial charge in [0, 0.05) is 24.7 Å². The highest BCUT2D eigenvalue weighted by molar-refractivity contribution is 5.93. The van der Waals surface area contributed by atoms with Crippen molar-refractivity contribution >= 4 is 11.6 Å². The highest BCUT2D eigenvalue weighted by atomic mass is 19.4. The van der Waals surface area contributed by atoms with Crippen molar-refractivity contribution in [3.05, 3.63) is 53.9 Å². The molecule has 1 aliphatic rings. The number of alkyl halides is 3. The monoisotopic (exact) mass is 402 g/mol. The second-order valence-corrected chi connectivity index (χ2v) is 7.40. The molecule has 1 saturated carbocycles. The third-order valence-electron chi connectivity index (χ3n) is 5.45. The van der Waals surface area contributed by atoms with Crippen LogP contribution in [0.2, 0.25) is 0 Å². The summed E-state index contributed by atoms with van der Waals surface area (Å²) in [7, 11) is 1.73. The van der Waals surface area contributed by atoms with Crippen molar-refractivity contribution in [1.29, 1.82) is 0 Å². The molecule has 3 aromatic rings. The molecule has 5 nitrogen and oxygen atoms in total. The summed E-state index contributed by atoms with van der Waals surface area (Å²) < 4.78 is 41.5. The molecule has 0 bridgehead atoms. The van der Waals surface area contributed by atoms with Crippen molar-refractivity contribution in [2.75, 3.05) is 7.05 Å². The molecule has 0 radical (unpaired) electrons. The van der Waals surface area contributed by atoms with Crippen LogP contribution in [0.5, 0.6) is 0 Å². The molecule has 0 N–H and O–H groups in total. The molecule has 1 aliphatic carbocycles. The number of rotatable bonds is 3. The maximum Gasteiger partial charge on any atom is 0.433 e. The third-order valence-corrected chi connectivity index (χ3v) is 5.45. The summed E-state index contributed by atoms with van der Waals surface area (Å²) in [5.74, 6) is -0.296. The number of carbonyl (C=O) groups excluding carboxylic acids is 1. The molecule has 2 aromatic heterocycles. The van der Waals surface area contributed by atoms with E-state index in [0.29, 0.717) is 5.56 Å². The minimum Gasteiger partial charge on any atom is -0.337 e. The van der Waals surface area contributed by atoms with Gasteiger partial charge in [-0.05, 0) is 18.9 Å². The molecular formula is C21H21F3N4O. The number of nitrogens with zero attached hydrogens (tertiary/aromatic N) is 4. The lowest BCUT2D eigenvalue weighted by Crippen LogP contribution is -2.38. The second-order valence-electron chi connectivity index (χ2n) is 7.40. The Morgan fingerprint density at radius 3 is 2.45 bits per heavy atom. The fourth-order valence-electron chi connectivity index (χ4n) is 3.85. The average Bonchev–Trinajstić information content (AvgIpc) is 3.17. The summed E-state index contributed by atoms with van der Waals surface area (Å²) in [6.07, 6.45) is 0.572. The summed E-state index contributed by atoms with van der Waals surface area (Å²) in [6, 6.07) is 11.1. The van der Waals surface area contributed by atoms with E-state index in [1.165, 1.54) is 10.6 Å². The van der Waals surface area contributed by atoms with Crippen LogP contribution in [0.25, 0.3) is 16.9 Å². The Hall–Kier alpha value is -2.90. The van der Waals surface area contributed by atoms with E-state index in [9.17, 15) is 18.0 Å². The van der Waals surface area contributed by atoms with E-state index in [2.05, 4.69) is 10.1 Å². The van der Waals surface area contributed by atoms with E-state index < -0.39 is 11.9 Å². The van der Waals surface area contributed by atoms with Gasteiger partial charge < -0.3 is 4.90 Å². The van der Waals surface area contributed by atoms with Crippen LogP contribution in [0.1, 0.15) is 48.3 Å². The molecule has 1 amide bonds. The van der Waals surface area contributed by atoms with Gasteiger partial charge in [0.15, 0.2) is 11.3 Å². The number of benzene rings is 1. The zero-order valence-electron chi connectivity index (χ0n) is 16.0. The van der Waals surface area contributed by atoms with Gasteiger partial charge in [0.25, 0.3) is 5.91 Å². The average molecular weight is 402 g/mol. The predicted molar refractivity (Wildman–Crippen MR) is 102 cm³/mol. The Balaban J connectivity index is 1.79. The number of carbonyl (C=O) groups is 1. The molecule has 8 heteroatoms. The zero-order chi connectivity index (χ0) is 20.6. The molecule has 29 heavy (non-hydrogen) atoms. The quantitative estimate of drug-likeness (QED) is 0.631. The summed E-state index contributed by atoms with van der Waals surface area (Å²) in [5.41, 5.74) is -0.111. The van der Waals surface area contributed by atoms with Crippen LogP contribution >= 0.6 is 0 Å². The van der Waals surface area contributed by atoms with Crippen molar-refractivity contribution in [2.45, 2.75) is 44.3 Å². The van der Waals surface area contributed by atoms with Crippen molar-refractivity contribution in [2.24, 2.45) is 0 Å². The van der Waals surface area contributed by atoms with Gasteiger partial charge in [-0.2, -0.15) is 18.3 Å². The molecule has 0 spiro atoms. The standard InChI is InChI=1S/C21H21F3N4O/c1-27(15-10-6-3-7-11-15)20(29)16-12-19-25-18(21(22,23)24)13-17(28(19)26-16)14-8-4-2-5-9-14/h2,4-5,8-9,12-13,15H,3,6-7,10-11H2,1H3. The Labute approximate surface area is 166 Å². The van der Waals surface area contributed by atoms with Gasteiger partial charge in [-0.3, -0.25) is 4.79 Å². The minimum absolute atomic E-state index is 0.000859. The topological polar surface area (TPSA) is 50.5 Å². The Kier molecular flexibility index (Phi) is 5.02. The van der Waals surface area contributed by atoms with Gasteiger partial charge in [-0.25, -0.2) is 9.50 Å². The molecule has 0 atom stereocenters. The van der Waals surface area contributed by atoms with Crippen LogP contribution in [0.3, 0.4) is 0 Å². The van der Waals surface area contributed by atoms with Gasteiger partial charge in [0.1, 0.15) is 5.69 Å². The van der Waals surface area contributed by atoms with Gasteiger partial charge >= 0.3 is 6.18 Å². The minimum atomic E-state index is -4.60. The second kappa shape index (κ2) is 7.50. The summed E-state index contributed by atoms with van der Waals surface area (Å²) in [6.45, 7) is 0. The van der Waals surface area contributed by atoms with E-state index in [1.54, 1.807) is 42.3 Å². The van der Waals surface area contributed by atoms with Gasteiger partial charge in [-0.15, -0.1) is 0 Å². The lowest BCUT2D eigenvalue weighted by atomic mass is 9.94. The maximum absolute atomic E-state index is 13.4. The Morgan fingerprint density at radius 2 is 1.79 bits per heavy atom. The maximum atomic E-state index is 13.4. The van der Waals surface area contributed by atoms with Crippen LogP contribution in [-0.2, 0) is 6.18 Å². The predicted octanol–water partition coefficient (Wildman–Crippen LogP) is 4.82. The number of fused-ring (bicyclic) bond motifs is 1. The van der Waals surface area contributed by atoms with Crippen LogP contribution in [0, 0.1) is 0 Å². The molecular weight excluding hydrogens is 381 g/mol. The highest BCUT2D eigenvalue weighted by Crippen LogP contribution is 2.32. The Bertz CT molecular complexity index is 1020. The lowest BCUT2D eigenvalue weighted by Gasteiger charge is -2.30. The molecule has 4 rings (SSSR count). The molecule has 0 unspecified atom stereocenters. The molecule has 1 fully saturated rings. The van der Waals surface area contributed by atoms with Crippen molar-refractivity contribution < 1.29 is 18.0 Å². The van der Waals surface area contributed by atoms with Crippen LogP contribution in [-0.4, -0.2) is 38.5 Å². The van der Waals surface area contributed by atoms with Crippen LogP contribution in [0.4, 0.5) is 13.2 Å². The first-order valence-electron chi connectivity index (χ1n) is 9.65. The first-order chi connectivity index (χ1) is 13.8. The summed E-state index contributed by atoms with van der Waals surface area (Å²) in [5, 5.41) is 4.32. The van der Waals surface area contributed by atoms with Crippen molar-refractivity contribution in [3.8, 4) is 11.3 Å². The molecule has 1 aromatic carbocycles. The number of amides is 1. The molecule has 0 saturated heterocycles. The van der Waals surface area contributed by atoms with E-state index in [4.69, 9.17) is 0 Å². The molecule has 152 valence electrons. The van der Waals surface area contributed by atoms with Gasteiger partial charge in [0.05, 0.1) is 5.69 Å². The van der Waals surface area contributed by atoms with Crippen LogP contribution in [0.15, 0.2) is 42.5 Å². The Morgan fingerprint density at radius 1 is 1.10 bits per heavy atom. The molecule has 2 heterocycles. The fraction of sp³-hybridized carbons (Fsp3) is 0.381. The van der Waals surface area contributed by atoms with Crippen molar-refractivity contribution in [3.63, 3.8) is 0 Å². The normalized spacial score (nSPS) is 15.6. The summed E-state index contributed by atoms with van der Waals surface area (Å²) >= 11 is 0. The SMILES string of the molecule is CN(C(=O)c1cc2nc(C(F)(F)F)cc(-c3ccccc3)n2n1)C1CCCCC1. The third kappa shape index (κ3) is 3.83. The van der Waals surface area contributed by atoms with Crippen molar-refractivity contribution in [1.82, 2.24) is 19.5 Å². The van der Waals surface area contributed by atoms with Gasteiger partial charge in [0.2, 0.25) is 0 Å². The lowest BCUT2D eigenvalue weighted by molar-refractivity contribution is -0.141. The number of hydrogen-bond donors (Lipinski definition) is 0. The van der Waals surface area contributed by atoms with E-state index in [-0.39, 0.29) is 29.0 Å². The smallest absolute Gasteiger partial charge is 0.337 e. The largest absolute Gasteiger partial charge is 0.433 e. The van der Waals surface area contributed by atoms with E-state index in [1.807, 2.05) is 0 Å². The molecule has 0 aliphatic heterocycles. The first-order valence-corrected chi connectivity index (χ1v) is 9.65. The number of halogens is 3. The highest BCUT2D eigenvalue weighted by Gasteiger charge is 2.34. The van der Waals surface area contributed by atoms with Gasteiger partial charge in [-0.1, -0.05) is 49.6 Å². The first kappa shape index (κ1) is 19.4. The fourth-order valence-corrected chi connectivity index (χ4v) is 3.85. The number of aromatic nitrogens is 3.